The predicted octanol–water partition coefficient (Wildman–Crippen LogP) is 2.29. The quantitative estimate of drug-likeness (QED) is 0.844. The summed E-state index contributed by atoms with van der Waals surface area (Å²) in [5.41, 5.74) is 0.586. The molecule has 0 unspecified atom stereocenters. The van der Waals surface area contributed by atoms with Gasteiger partial charge in [0.05, 0.1) is 18.4 Å². The Morgan fingerprint density at radius 1 is 1.16 bits per heavy atom. The normalized spacial score (nSPS) is 14.9. The van der Waals surface area contributed by atoms with Crippen LogP contribution in [0, 0.1) is 5.92 Å². The van der Waals surface area contributed by atoms with E-state index in [1.165, 1.54) is 19.3 Å². The minimum Gasteiger partial charge on any atom is -0.347 e. The fraction of sp³-hybridized carbons (Fsp3) is 0.444. The van der Waals surface area contributed by atoms with E-state index in [1.807, 2.05) is 6.07 Å². The molecule has 1 aliphatic rings. The van der Waals surface area contributed by atoms with E-state index in [0.29, 0.717) is 23.8 Å². The average Bonchev–Trinajstić information content (AvgIpc) is 3.16. The summed E-state index contributed by atoms with van der Waals surface area (Å²) in [6.07, 6.45) is 11.5. The molecule has 2 heterocycles. The average molecular weight is 341 g/mol. The molecular formula is C18H23N5O2. The first kappa shape index (κ1) is 17.1. The van der Waals surface area contributed by atoms with Gasteiger partial charge in [0, 0.05) is 18.8 Å². The SMILES string of the molecule is O=C(CC1CCCCC1)NCC(=O)Nc1ccc(-n2cccn2)nc1. The Kier molecular flexibility index (Phi) is 5.77. The highest BCUT2D eigenvalue weighted by molar-refractivity contribution is 5.94. The van der Waals surface area contributed by atoms with Gasteiger partial charge in [0.1, 0.15) is 0 Å². The predicted molar refractivity (Wildman–Crippen MR) is 94.2 cm³/mol. The van der Waals surface area contributed by atoms with Gasteiger partial charge < -0.3 is 10.6 Å². The van der Waals surface area contributed by atoms with Crippen LogP contribution in [0.5, 0.6) is 0 Å². The summed E-state index contributed by atoms with van der Waals surface area (Å²) in [6, 6.07) is 5.34. The number of aromatic nitrogens is 3. The van der Waals surface area contributed by atoms with Gasteiger partial charge in [-0.05, 0) is 37.0 Å². The maximum absolute atomic E-state index is 12.0. The Labute approximate surface area is 146 Å². The number of hydrogen-bond donors (Lipinski definition) is 2. The van der Waals surface area contributed by atoms with E-state index in [0.717, 1.165) is 12.8 Å². The highest BCUT2D eigenvalue weighted by Crippen LogP contribution is 2.25. The number of nitrogens with one attached hydrogen (secondary N) is 2. The highest BCUT2D eigenvalue weighted by Gasteiger charge is 2.17. The van der Waals surface area contributed by atoms with E-state index in [2.05, 4.69) is 20.7 Å². The Balaban J connectivity index is 1.42. The Hall–Kier alpha value is -2.70. The Bertz CT molecular complexity index is 691. The van der Waals surface area contributed by atoms with Crippen molar-refractivity contribution in [1.82, 2.24) is 20.1 Å². The smallest absolute Gasteiger partial charge is 0.243 e. The van der Waals surface area contributed by atoms with Gasteiger partial charge in [-0.15, -0.1) is 0 Å². The van der Waals surface area contributed by atoms with Crippen molar-refractivity contribution in [2.45, 2.75) is 38.5 Å². The van der Waals surface area contributed by atoms with Crippen LogP contribution in [-0.2, 0) is 9.59 Å². The van der Waals surface area contributed by atoms with Crippen molar-refractivity contribution in [3.8, 4) is 5.82 Å². The van der Waals surface area contributed by atoms with Crippen molar-refractivity contribution >= 4 is 17.5 Å². The summed E-state index contributed by atoms with van der Waals surface area (Å²) in [5, 5.41) is 9.52. The monoisotopic (exact) mass is 341 g/mol. The summed E-state index contributed by atoms with van der Waals surface area (Å²) in [6.45, 7) is -0.0214. The van der Waals surface area contributed by atoms with Crippen molar-refractivity contribution in [2.24, 2.45) is 5.92 Å². The van der Waals surface area contributed by atoms with E-state index in [-0.39, 0.29) is 18.4 Å². The first-order chi connectivity index (χ1) is 12.2. The van der Waals surface area contributed by atoms with E-state index in [1.54, 1.807) is 35.4 Å². The van der Waals surface area contributed by atoms with Crippen molar-refractivity contribution in [2.75, 3.05) is 11.9 Å². The molecule has 2 aromatic heterocycles. The van der Waals surface area contributed by atoms with Crippen LogP contribution in [-0.4, -0.2) is 33.1 Å². The maximum Gasteiger partial charge on any atom is 0.243 e. The molecule has 2 N–H and O–H groups in total. The number of anilines is 1. The molecule has 1 saturated carbocycles. The molecule has 1 aliphatic carbocycles. The van der Waals surface area contributed by atoms with Crippen LogP contribution in [0.25, 0.3) is 5.82 Å². The van der Waals surface area contributed by atoms with E-state index in [9.17, 15) is 9.59 Å². The lowest BCUT2D eigenvalue weighted by Crippen LogP contribution is -2.34. The summed E-state index contributed by atoms with van der Waals surface area (Å²) in [7, 11) is 0. The summed E-state index contributed by atoms with van der Waals surface area (Å²) in [5.74, 6) is 0.833. The summed E-state index contributed by atoms with van der Waals surface area (Å²) >= 11 is 0. The summed E-state index contributed by atoms with van der Waals surface area (Å²) in [4.78, 5) is 28.1. The van der Waals surface area contributed by atoms with Gasteiger partial charge in [-0.3, -0.25) is 9.59 Å². The topological polar surface area (TPSA) is 88.9 Å². The molecule has 0 radical (unpaired) electrons. The molecule has 3 rings (SSSR count). The molecule has 7 nitrogen and oxygen atoms in total. The molecule has 7 heteroatoms. The van der Waals surface area contributed by atoms with Crippen LogP contribution >= 0.6 is 0 Å². The molecule has 1 fully saturated rings. The molecule has 0 bridgehead atoms. The van der Waals surface area contributed by atoms with Gasteiger partial charge >= 0.3 is 0 Å². The molecule has 0 aliphatic heterocycles. The van der Waals surface area contributed by atoms with Crippen molar-refractivity contribution in [1.29, 1.82) is 0 Å². The van der Waals surface area contributed by atoms with Crippen LogP contribution in [0.3, 0.4) is 0 Å². The minimum atomic E-state index is -0.259. The van der Waals surface area contributed by atoms with Gasteiger partial charge in [-0.25, -0.2) is 9.67 Å². The second-order valence-electron chi connectivity index (χ2n) is 6.39. The number of rotatable bonds is 6. The second-order valence-corrected chi connectivity index (χ2v) is 6.39. The van der Waals surface area contributed by atoms with Crippen LogP contribution < -0.4 is 10.6 Å². The lowest BCUT2D eigenvalue weighted by molar-refractivity contribution is -0.125. The van der Waals surface area contributed by atoms with Gasteiger partial charge in [0.2, 0.25) is 11.8 Å². The van der Waals surface area contributed by atoms with Gasteiger partial charge in [-0.1, -0.05) is 19.3 Å². The molecular weight excluding hydrogens is 318 g/mol. The maximum atomic E-state index is 12.0. The van der Waals surface area contributed by atoms with Crippen molar-refractivity contribution in [3.05, 3.63) is 36.8 Å². The lowest BCUT2D eigenvalue weighted by Gasteiger charge is -2.20. The third kappa shape index (κ3) is 5.14. The van der Waals surface area contributed by atoms with Gasteiger partial charge in [0.15, 0.2) is 5.82 Å². The van der Waals surface area contributed by atoms with Crippen LogP contribution in [0.1, 0.15) is 38.5 Å². The van der Waals surface area contributed by atoms with Crippen LogP contribution in [0.2, 0.25) is 0 Å². The third-order valence-electron chi connectivity index (χ3n) is 4.42. The highest BCUT2D eigenvalue weighted by atomic mass is 16.2. The lowest BCUT2D eigenvalue weighted by atomic mass is 9.87. The minimum absolute atomic E-state index is 0.0214. The standard InChI is InChI=1S/C18H23N5O2/c24-17(11-14-5-2-1-3-6-14)20-13-18(25)22-15-7-8-16(19-12-15)23-10-4-9-21-23/h4,7-10,12,14H,1-3,5-6,11,13H2,(H,20,24)(H,22,25). The molecule has 132 valence electrons. The molecule has 0 spiro atoms. The number of hydrogen-bond acceptors (Lipinski definition) is 4. The van der Waals surface area contributed by atoms with E-state index in [4.69, 9.17) is 0 Å². The number of carbonyl (C=O) groups excluding carboxylic acids is 2. The number of pyridine rings is 1. The molecule has 0 saturated heterocycles. The Morgan fingerprint density at radius 2 is 2.00 bits per heavy atom. The van der Waals surface area contributed by atoms with Crippen molar-refractivity contribution in [3.63, 3.8) is 0 Å². The Morgan fingerprint density at radius 3 is 2.68 bits per heavy atom. The van der Waals surface area contributed by atoms with Gasteiger partial charge in [-0.2, -0.15) is 5.10 Å². The molecule has 0 aromatic carbocycles. The third-order valence-corrected chi connectivity index (χ3v) is 4.42. The number of nitrogens with zero attached hydrogens (tertiary/aromatic N) is 3. The zero-order valence-corrected chi connectivity index (χ0v) is 14.1. The van der Waals surface area contributed by atoms with Crippen LogP contribution in [0.4, 0.5) is 5.69 Å². The number of carbonyl (C=O) groups is 2. The molecule has 2 aromatic rings. The van der Waals surface area contributed by atoms with Crippen LogP contribution in [0.15, 0.2) is 36.8 Å². The molecule has 0 atom stereocenters. The fourth-order valence-corrected chi connectivity index (χ4v) is 3.11. The summed E-state index contributed by atoms with van der Waals surface area (Å²) < 4.78 is 1.64. The zero-order chi connectivity index (χ0) is 17.5. The first-order valence-corrected chi connectivity index (χ1v) is 8.73. The fourth-order valence-electron chi connectivity index (χ4n) is 3.11. The number of amides is 2. The van der Waals surface area contributed by atoms with Gasteiger partial charge in [0.25, 0.3) is 0 Å². The van der Waals surface area contributed by atoms with E-state index < -0.39 is 0 Å². The largest absolute Gasteiger partial charge is 0.347 e. The first-order valence-electron chi connectivity index (χ1n) is 8.73. The molecule has 2 amide bonds. The second kappa shape index (κ2) is 8.41. The zero-order valence-electron chi connectivity index (χ0n) is 14.1. The van der Waals surface area contributed by atoms with E-state index >= 15 is 0 Å². The molecule has 25 heavy (non-hydrogen) atoms. The van der Waals surface area contributed by atoms with Crippen molar-refractivity contribution < 1.29 is 9.59 Å².